The van der Waals surface area contributed by atoms with Crippen LogP contribution in [-0.2, 0) is 0 Å². The number of rotatable bonds is 2. The van der Waals surface area contributed by atoms with Gasteiger partial charge in [-0.3, -0.25) is 0 Å². The van der Waals surface area contributed by atoms with Crippen LogP contribution in [0.1, 0.15) is 0 Å². The number of hydrogen-bond donors (Lipinski definition) is 1. The second kappa shape index (κ2) is 4.39. The average molecular weight is 148 g/mol. The molecule has 1 aromatic carbocycles. The van der Waals surface area contributed by atoms with Crippen LogP contribution in [0.25, 0.3) is 0 Å². The van der Waals surface area contributed by atoms with Gasteiger partial charge in [0.1, 0.15) is 6.73 Å². The van der Waals surface area contributed by atoms with E-state index < -0.39 is 0 Å². The summed E-state index contributed by atoms with van der Waals surface area (Å²) in [6.07, 6.45) is 0. The van der Waals surface area contributed by atoms with Crippen molar-refractivity contribution in [2.45, 2.75) is 0 Å². The first-order valence-corrected chi connectivity index (χ1v) is 3.21. The molecule has 0 aliphatic rings. The minimum Gasteiger partial charge on any atom is -0.374 e. The zero-order chi connectivity index (χ0) is 7.94. The Kier molecular flexibility index (Phi) is 3.06. The first kappa shape index (κ1) is 7.66. The van der Waals surface area contributed by atoms with E-state index in [1.807, 2.05) is 30.3 Å². The maximum Gasteiger partial charge on any atom is 0.145 e. The molecule has 0 radical (unpaired) electrons. The van der Waals surface area contributed by atoms with Crippen LogP contribution >= 0.6 is 0 Å². The number of aliphatic imine (C=N–C) groups is 2. The normalized spacial score (nSPS) is 8.45. The van der Waals surface area contributed by atoms with E-state index in [1.54, 1.807) is 0 Å². The molecule has 0 aliphatic heterocycles. The number of nitrogens with zero attached hydrogens (tertiary/aromatic N) is 2. The van der Waals surface area contributed by atoms with E-state index in [0.717, 1.165) is 5.69 Å². The molecule has 0 saturated carbocycles. The Morgan fingerprint density at radius 1 is 1.27 bits per heavy atom. The highest BCUT2D eigenvalue weighted by Gasteiger charge is 1.79. The second-order valence-electron chi connectivity index (χ2n) is 1.85. The van der Waals surface area contributed by atoms with Gasteiger partial charge in [0.05, 0.1) is 11.7 Å². The molecule has 0 atom stereocenters. The molecule has 1 N–H and O–H groups in total. The summed E-state index contributed by atoms with van der Waals surface area (Å²) in [7, 11) is 0. The number of para-hydroxylation sites is 1. The van der Waals surface area contributed by atoms with Crippen LogP contribution in [-0.4, -0.2) is 17.8 Å². The van der Waals surface area contributed by atoms with Crippen LogP contribution in [0.3, 0.4) is 0 Å². The Labute approximate surface area is 64.7 Å². The highest BCUT2D eigenvalue weighted by molar-refractivity contribution is 5.51. The molecule has 0 fully saturated rings. The van der Waals surface area contributed by atoms with Gasteiger partial charge in [0.25, 0.3) is 0 Å². The van der Waals surface area contributed by atoms with Crippen molar-refractivity contribution in [2.75, 3.05) is 6.73 Å². The highest BCUT2D eigenvalue weighted by atomic mass is 16.3. The van der Waals surface area contributed by atoms with Crippen molar-refractivity contribution in [2.24, 2.45) is 9.98 Å². The van der Waals surface area contributed by atoms with Crippen molar-refractivity contribution in [1.29, 1.82) is 0 Å². The Bertz CT molecular complexity index is 263. The van der Waals surface area contributed by atoms with Crippen LogP contribution in [0.2, 0.25) is 0 Å². The Morgan fingerprint density at radius 2 is 2.00 bits per heavy atom. The number of benzene rings is 1. The molecule has 0 spiro atoms. The van der Waals surface area contributed by atoms with Crippen molar-refractivity contribution in [3.05, 3.63) is 30.3 Å². The van der Waals surface area contributed by atoms with Gasteiger partial charge in [-0.25, -0.2) is 0 Å². The van der Waals surface area contributed by atoms with E-state index >= 15 is 0 Å². The predicted molar refractivity (Wildman–Crippen MR) is 43.1 cm³/mol. The van der Waals surface area contributed by atoms with Gasteiger partial charge in [-0.15, -0.1) is 0 Å². The van der Waals surface area contributed by atoms with E-state index in [0.29, 0.717) is 0 Å². The first-order chi connectivity index (χ1) is 5.43. The number of aliphatic hydroxyl groups excluding tert-OH is 1. The van der Waals surface area contributed by atoms with Gasteiger partial charge in [-0.05, 0) is 12.1 Å². The smallest absolute Gasteiger partial charge is 0.145 e. The molecular formula is C8H8N2O. The fourth-order valence-corrected chi connectivity index (χ4v) is 0.627. The van der Waals surface area contributed by atoms with Gasteiger partial charge < -0.3 is 5.11 Å². The van der Waals surface area contributed by atoms with Gasteiger partial charge in [0.2, 0.25) is 0 Å². The van der Waals surface area contributed by atoms with Crippen molar-refractivity contribution in [1.82, 2.24) is 0 Å². The van der Waals surface area contributed by atoms with E-state index in [-0.39, 0.29) is 6.73 Å². The first-order valence-electron chi connectivity index (χ1n) is 3.21. The Balaban J connectivity index is 2.72. The summed E-state index contributed by atoms with van der Waals surface area (Å²) in [4.78, 5) is 7.23. The van der Waals surface area contributed by atoms with Crippen molar-refractivity contribution in [3.63, 3.8) is 0 Å². The van der Waals surface area contributed by atoms with E-state index in [4.69, 9.17) is 5.11 Å². The molecule has 11 heavy (non-hydrogen) atoms. The van der Waals surface area contributed by atoms with Gasteiger partial charge >= 0.3 is 0 Å². The van der Waals surface area contributed by atoms with Gasteiger partial charge in [-0.1, -0.05) is 18.2 Å². The second-order valence-corrected chi connectivity index (χ2v) is 1.85. The third-order valence-electron chi connectivity index (χ3n) is 1.08. The lowest BCUT2D eigenvalue weighted by Crippen LogP contribution is -1.69. The lowest BCUT2D eigenvalue weighted by Gasteiger charge is -1.84. The van der Waals surface area contributed by atoms with E-state index in [9.17, 15) is 0 Å². The minimum atomic E-state index is -0.268. The Morgan fingerprint density at radius 3 is 2.64 bits per heavy atom. The molecule has 0 aliphatic carbocycles. The van der Waals surface area contributed by atoms with Crippen LogP contribution in [0.4, 0.5) is 5.69 Å². The standard InChI is InChI=1S/C8H8N2O/c11-7-9-6-10-8-4-2-1-3-5-8/h1-5,11H,7H2. The average Bonchev–Trinajstić information content (AvgIpc) is 2.07. The fraction of sp³-hybridized carbons (Fsp3) is 0.125. The monoisotopic (exact) mass is 148 g/mol. The zero-order valence-corrected chi connectivity index (χ0v) is 5.94. The largest absolute Gasteiger partial charge is 0.374 e. The van der Waals surface area contributed by atoms with Crippen LogP contribution in [0.5, 0.6) is 0 Å². The van der Waals surface area contributed by atoms with Crippen molar-refractivity contribution in [3.8, 4) is 0 Å². The Hall–Kier alpha value is -1.44. The summed E-state index contributed by atoms with van der Waals surface area (Å²) >= 11 is 0. The quantitative estimate of drug-likeness (QED) is 0.634. The summed E-state index contributed by atoms with van der Waals surface area (Å²) in [6, 6.07) is 11.7. The molecule has 0 amide bonds. The maximum atomic E-state index is 8.26. The lowest BCUT2D eigenvalue weighted by molar-refractivity contribution is 0.310. The predicted octanol–water partition coefficient (Wildman–Crippen LogP) is 1.44. The van der Waals surface area contributed by atoms with E-state index in [1.165, 1.54) is 0 Å². The van der Waals surface area contributed by atoms with Gasteiger partial charge in [0.15, 0.2) is 0 Å². The summed E-state index contributed by atoms with van der Waals surface area (Å²) in [5, 5.41) is 8.26. The number of aliphatic hydroxyl groups is 1. The molecule has 0 aromatic heterocycles. The SMILES string of the molecule is OCN=C=Nc1ccccc1. The maximum absolute atomic E-state index is 8.26. The summed E-state index contributed by atoms with van der Waals surface area (Å²) in [6.45, 7) is -0.268. The van der Waals surface area contributed by atoms with Crippen molar-refractivity contribution >= 4 is 11.7 Å². The summed E-state index contributed by atoms with van der Waals surface area (Å²) in [5.41, 5.74) is 0.782. The van der Waals surface area contributed by atoms with Gasteiger partial charge in [0, 0.05) is 0 Å². The molecule has 1 aromatic rings. The fourth-order valence-electron chi connectivity index (χ4n) is 0.627. The molecular weight excluding hydrogens is 140 g/mol. The summed E-state index contributed by atoms with van der Waals surface area (Å²) in [5.74, 6) is 0. The third-order valence-corrected chi connectivity index (χ3v) is 1.08. The zero-order valence-electron chi connectivity index (χ0n) is 5.94. The molecule has 1 rings (SSSR count). The lowest BCUT2D eigenvalue weighted by atomic mass is 10.3. The topological polar surface area (TPSA) is 45.0 Å². The summed E-state index contributed by atoms with van der Waals surface area (Å²) < 4.78 is 0. The molecule has 0 heterocycles. The molecule has 0 bridgehead atoms. The van der Waals surface area contributed by atoms with Crippen LogP contribution in [0, 0.1) is 0 Å². The third kappa shape index (κ3) is 2.76. The molecule has 3 heteroatoms. The molecule has 0 saturated heterocycles. The number of hydrogen-bond acceptors (Lipinski definition) is 3. The molecule has 0 unspecified atom stereocenters. The molecule has 56 valence electrons. The van der Waals surface area contributed by atoms with Crippen LogP contribution < -0.4 is 0 Å². The minimum absolute atomic E-state index is 0.268. The van der Waals surface area contributed by atoms with Gasteiger partial charge in [-0.2, -0.15) is 9.98 Å². The highest BCUT2D eigenvalue weighted by Crippen LogP contribution is 2.07. The molecule has 3 nitrogen and oxygen atoms in total. The van der Waals surface area contributed by atoms with Crippen LogP contribution in [0.15, 0.2) is 40.3 Å². The van der Waals surface area contributed by atoms with Crippen molar-refractivity contribution < 1.29 is 5.11 Å². The van der Waals surface area contributed by atoms with E-state index in [2.05, 4.69) is 16.0 Å².